The van der Waals surface area contributed by atoms with Gasteiger partial charge >= 0.3 is 5.97 Å². The van der Waals surface area contributed by atoms with Crippen LogP contribution in [0.15, 0.2) is 29.6 Å². The maximum Gasteiger partial charge on any atom is 0.305 e. The van der Waals surface area contributed by atoms with E-state index in [9.17, 15) is 4.79 Å². The number of methoxy groups -OCH3 is 1. The van der Waals surface area contributed by atoms with Gasteiger partial charge in [0.15, 0.2) is 5.13 Å². The normalized spacial score (nSPS) is 10.4. The van der Waals surface area contributed by atoms with Crippen LogP contribution in [0, 0.1) is 6.92 Å². The molecule has 0 aliphatic rings. The van der Waals surface area contributed by atoms with Crippen LogP contribution in [-0.2, 0) is 16.0 Å². The van der Waals surface area contributed by atoms with E-state index in [0.717, 1.165) is 23.1 Å². The maximum absolute atomic E-state index is 11.2. The van der Waals surface area contributed by atoms with Crippen molar-refractivity contribution in [2.45, 2.75) is 26.7 Å². The summed E-state index contributed by atoms with van der Waals surface area (Å²) >= 11 is 1.60. The number of rotatable bonds is 6. The van der Waals surface area contributed by atoms with Gasteiger partial charge in [0, 0.05) is 24.0 Å². The summed E-state index contributed by atoms with van der Waals surface area (Å²) in [6.45, 7) is 5.05. The fraction of sp³-hybridized carbons (Fsp3) is 0.375. The largest absolute Gasteiger partial charge is 0.469 e. The Morgan fingerprint density at radius 1 is 1.43 bits per heavy atom. The molecule has 21 heavy (non-hydrogen) atoms. The molecule has 0 bridgehead atoms. The molecule has 4 nitrogen and oxygen atoms in total. The molecule has 0 spiro atoms. The molecule has 2 rings (SSSR count). The number of carbonyl (C=O) groups is 1. The molecular formula is C16H20N2O2S. The minimum absolute atomic E-state index is 0.199. The molecule has 0 unspecified atom stereocenters. The van der Waals surface area contributed by atoms with Gasteiger partial charge in [0.25, 0.3) is 0 Å². The van der Waals surface area contributed by atoms with Crippen LogP contribution in [-0.4, -0.2) is 24.6 Å². The van der Waals surface area contributed by atoms with Crippen molar-refractivity contribution in [3.8, 4) is 0 Å². The molecule has 1 aromatic carbocycles. The third kappa shape index (κ3) is 4.04. The maximum atomic E-state index is 11.2. The molecule has 2 aromatic rings. The number of hydrogen-bond acceptors (Lipinski definition) is 5. The van der Waals surface area contributed by atoms with E-state index in [0.29, 0.717) is 12.8 Å². The molecule has 0 saturated heterocycles. The van der Waals surface area contributed by atoms with Crippen LogP contribution in [0.25, 0.3) is 0 Å². The summed E-state index contributed by atoms with van der Waals surface area (Å²) < 4.78 is 4.66. The molecule has 0 amide bonds. The summed E-state index contributed by atoms with van der Waals surface area (Å²) in [5, 5.41) is 2.97. The lowest BCUT2D eigenvalue weighted by molar-refractivity contribution is -0.140. The number of hydrogen-bond donors (Lipinski definition) is 0. The average molecular weight is 304 g/mol. The van der Waals surface area contributed by atoms with Crippen LogP contribution in [0.4, 0.5) is 10.8 Å². The van der Waals surface area contributed by atoms with E-state index in [1.807, 2.05) is 5.38 Å². The first-order valence-electron chi connectivity index (χ1n) is 6.99. The van der Waals surface area contributed by atoms with Gasteiger partial charge in [-0.25, -0.2) is 4.98 Å². The van der Waals surface area contributed by atoms with Crippen LogP contribution in [0.3, 0.4) is 0 Å². The minimum Gasteiger partial charge on any atom is -0.469 e. The Bertz CT molecular complexity index is 610. The lowest BCUT2D eigenvalue weighted by Crippen LogP contribution is -2.15. The summed E-state index contributed by atoms with van der Waals surface area (Å²) in [7, 11) is 1.41. The molecule has 0 fully saturated rings. The molecule has 1 heterocycles. The van der Waals surface area contributed by atoms with E-state index in [1.54, 1.807) is 11.3 Å². The van der Waals surface area contributed by atoms with Crippen molar-refractivity contribution < 1.29 is 9.53 Å². The third-order valence-corrected chi connectivity index (χ3v) is 4.13. The summed E-state index contributed by atoms with van der Waals surface area (Å²) in [4.78, 5) is 18.0. The van der Waals surface area contributed by atoms with Crippen LogP contribution in [0.5, 0.6) is 0 Å². The third-order valence-electron chi connectivity index (χ3n) is 3.21. The highest BCUT2D eigenvalue weighted by atomic mass is 32.1. The zero-order valence-electron chi connectivity index (χ0n) is 12.6. The van der Waals surface area contributed by atoms with Crippen LogP contribution < -0.4 is 4.90 Å². The van der Waals surface area contributed by atoms with Crippen molar-refractivity contribution in [3.05, 3.63) is 40.9 Å². The molecule has 0 aliphatic carbocycles. The second-order valence-electron chi connectivity index (χ2n) is 4.78. The van der Waals surface area contributed by atoms with Gasteiger partial charge in [-0.15, -0.1) is 11.3 Å². The number of thiazole rings is 1. The zero-order chi connectivity index (χ0) is 15.2. The number of benzene rings is 1. The van der Waals surface area contributed by atoms with Gasteiger partial charge in [-0.2, -0.15) is 0 Å². The molecule has 5 heteroatoms. The zero-order valence-corrected chi connectivity index (χ0v) is 13.4. The van der Waals surface area contributed by atoms with Crippen LogP contribution >= 0.6 is 11.3 Å². The van der Waals surface area contributed by atoms with Crippen molar-refractivity contribution in [1.29, 1.82) is 0 Å². The molecule has 112 valence electrons. The molecule has 1 aromatic heterocycles. The van der Waals surface area contributed by atoms with E-state index < -0.39 is 0 Å². The number of aromatic nitrogens is 1. The SMILES string of the molecule is CCN(c1cccc(C)c1)c1nc(CCC(=O)OC)cs1. The molecule has 0 N–H and O–H groups in total. The quantitative estimate of drug-likeness (QED) is 0.763. The van der Waals surface area contributed by atoms with Gasteiger partial charge in [0.1, 0.15) is 0 Å². The lowest BCUT2D eigenvalue weighted by Gasteiger charge is -2.20. The number of nitrogens with zero attached hydrogens (tertiary/aromatic N) is 2. The second-order valence-corrected chi connectivity index (χ2v) is 5.62. The minimum atomic E-state index is -0.199. The van der Waals surface area contributed by atoms with Crippen molar-refractivity contribution >= 4 is 28.1 Å². The molecular weight excluding hydrogens is 284 g/mol. The first kappa shape index (κ1) is 15.5. The Labute approximate surface area is 129 Å². The number of anilines is 2. The fourth-order valence-corrected chi connectivity index (χ4v) is 3.04. The van der Waals surface area contributed by atoms with E-state index >= 15 is 0 Å². The lowest BCUT2D eigenvalue weighted by atomic mass is 10.2. The molecule has 0 saturated carbocycles. The second kappa shape index (κ2) is 7.22. The van der Waals surface area contributed by atoms with E-state index in [2.05, 4.69) is 52.7 Å². The molecule has 0 radical (unpaired) electrons. The highest BCUT2D eigenvalue weighted by molar-refractivity contribution is 7.13. The predicted octanol–water partition coefficient (Wildman–Crippen LogP) is 3.72. The first-order valence-corrected chi connectivity index (χ1v) is 7.87. The van der Waals surface area contributed by atoms with Crippen LogP contribution in [0.2, 0.25) is 0 Å². The van der Waals surface area contributed by atoms with Crippen LogP contribution in [0.1, 0.15) is 24.6 Å². The Balaban J connectivity index is 2.12. The van der Waals surface area contributed by atoms with E-state index in [4.69, 9.17) is 0 Å². The van der Waals surface area contributed by atoms with Crippen molar-refractivity contribution in [3.63, 3.8) is 0 Å². The van der Waals surface area contributed by atoms with Gasteiger partial charge in [0.2, 0.25) is 0 Å². The predicted molar refractivity (Wildman–Crippen MR) is 86.3 cm³/mol. The Morgan fingerprint density at radius 3 is 2.90 bits per heavy atom. The van der Waals surface area contributed by atoms with Gasteiger partial charge in [-0.3, -0.25) is 4.79 Å². The number of esters is 1. The Morgan fingerprint density at radius 2 is 2.24 bits per heavy atom. The van der Waals surface area contributed by atoms with Gasteiger partial charge in [-0.05, 0) is 31.5 Å². The standard InChI is InChI=1S/C16H20N2O2S/c1-4-18(14-7-5-6-12(2)10-14)16-17-13(11-21-16)8-9-15(19)20-3/h5-7,10-11H,4,8-9H2,1-3H3. The van der Waals surface area contributed by atoms with Crippen molar-refractivity contribution in [1.82, 2.24) is 4.98 Å². The monoisotopic (exact) mass is 304 g/mol. The van der Waals surface area contributed by atoms with E-state index in [-0.39, 0.29) is 5.97 Å². The number of ether oxygens (including phenoxy) is 1. The van der Waals surface area contributed by atoms with Crippen molar-refractivity contribution in [2.24, 2.45) is 0 Å². The fourth-order valence-electron chi connectivity index (χ4n) is 2.09. The molecule has 0 atom stereocenters. The van der Waals surface area contributed by atoms with Crippen molar-refractivity contribution in [2.75, 3.05) is 18.6 Å². The average Bonchev–Trinajstić information content (AvgIpc) is 2.94. The highest BCUT2D eigenvalue weighted by Gasteiger charge is 2.12. The summed E-state index contributed by atoms with van der Waals surface area (Å²) in [5.74, 6) is -0.199. The topological polar surface area (TPSA) is 42.4 Å². The number of carbonyl (C=O) groups excluding carboxylic acids is 1. The highest BCUT2D eigenvalue weighted by Crippen LogP contribution is 2.29. The summed E-state index contributed by atoms with van der Waals surface area (Å²) in [5.41, 5.74) is 3.31. The summed E-state index contributed by atoms with van der Waals surface area (Å²) in [6.07, 6.45) is 0.991. The van der Waals surface area contributed by atoms with Gasteiger partial charge in [-0.1, -0.05) is 12.1 Å². The molecule has 0 aliphatic heterocycles. The first-order chi connectivity index (χ1) is 10.1. The smallest absolute Gasteiger partial charge is 0.305 e. The van der Waals surface area contributed by atoms with E-state index in [1.165, 1.54) is 12.7 Å². The Hall–Kier alpha value is -1.88. The van der Waals surface area contributed by atoms with Gasteiger partial charge in [0.05, 0.1) is 19.2 Å². The number of aryl methyl sites for hydroxylation is 2. The van der Waals surface area contributed by atoms with Gasteiger partial charge < -0.3 is 9.64 Å². The summed E-state index contributed by atoms with van der Waals surface area (Å²) in [6, 6.07) is 8.38. The Kier molecular flexibility index (Phi) is 5.33.